The number of carbonyl (C=O) groups is 1. The van der Waals surface area contributed by atoms with Crippen LogP contribution in [0.1, 0.15) is 18.1 Å². The van der Waals surface area contributed by atoms with Crippen molar-refractivity contribution in [3.63, 3.8) is 0 Å². The topological polar surface area (TPSA) is 70.9 Å². The summed E-state index contributed by atoms with van der Waals surface area (Å²) in [4.78, 5) is 11.0. The summed E-state index contributed by atoms with van der Waals surface area (Å²) < 4.78 is 5.19. The second-order valence-corrected chi connectivity index (χ2v) is 5.29. The zero-order valence-electron chi connectivity index (χ0n) is 12.8. The molecular weight excluding hydrogens is 316 g/mol. The quantitative estimate of drug-likeness (QED) is 0.623. The molecule has 2 N–H and O–H groups in total. The van der Waals surface area contributed by atoms with Crippen LogP contribution in [0.25, 0.3) is 0 Å². The Morgan fingerprint density at radius 3 is 2.70 bits per heavy atom. The van der Waals surface area contributed by atoms with Gasteiger partial charge in [0.15, 0.2) is 0 Å². The first-order valence-electron chi connectivity index (χ1n) is 6.95. The highest BCUT2D eigenvalue weighted by Crippen LogP contribution is 2.22. The van der Waals surface area contributed by atoms with Crippen LogP contribution >= 0.6 is 11.6 Å². The van der Waals surface area contributed by atoms with Crippen molar-refractivity contribution in [2.45, 2.75) is 13.3 Å². The molecule has 2 aromatic rings. The van der Waals surface area contributed by atoms with Gasteiger partial charge in [-0.15, -0.1) is 0 Å². The lowest BCUT2D eigenvalue weighted by Gasteiger charge is -2.10. The minimum Gasteiger partial charge on any atom is -0.496 e. The van der Waals surface area contributed by atoms with E-state index in [2.05, 4.69) is 10.5 Å². The Balaban J connectivity index is 2.24. The lowest BCUT2D eigenvalue weighted by molar-refractivity contribution is -0.136. The van der Waals surface area contributed by atoms with Crippen molar-refractivity contribution in [1.82, 2.24) is 0 Å². The molecule has 120 valence electrons. The third-order valence-electron chi connectivity index (χ3n) is 3.26. The predicted molar refractivity (Wildman–Crippen MR) is 91.6 cm³/mol. The van der Waals surface area contributed by atoms with E-state index >= 15 is 0 Å². The van der Waals surface area contributed by atoms with Crippen LogP contribution in [0.15, 0.2) is 47.6 Å². The van der Waals surface area contributed by atoms with E-state index in [1.807, 2.05) is 31.2 Å². The molecule has 0 heterocycles. The fourth-order valence-corrected chi connectivity index (χ4v) is 2.24. The van der Waals surface area contributed by atoms with E-state index in [1.54, 1.807) is 18.2 Å². The number of nitrogens with one attached hydrogen (secondary N) is 1. The highest BCUT2D eigenvalue weighted by molar-refractivity contribution is 6.33. The van der Waals surface area contributed by atoms with Gasteiger partial charge in [0.1, 0.15) is 5.75 Å². The smallest absolute Gasteiger partial charge is 0.307 e. The van der Waals surface area contributed by atoms with Crippen molar-refractivity contribution < 1.29 is 14.6 Å². The summed E-state index contributed by atoms with van der Waals surface area (Å²) in [5, 5.41) is 13.9. The summed E-state index contributed by atoms with van der Waals surface area (Å²) in [6.07, 6.45) is -0.109. The molecule has 0 atom stereocenters. The number of hydrogen-bond acceptors (Lipinski definition) is 4. The Labute approximate surface area is 139 Å². The number of ether oxygens (including phenoxy) is 1. The van der Waals surface area contributed by atoms with Crippen LogP contribution in [0.5, 0.6) is 5.75 Å². The van der Waals surface area contributed by atoms with E-state index in [0.717, 1.165) is 5.56 Å². The molecule has 0 saturated heterocycles. The molecule has 2 aromatic carbocycles. The van der Waals surface area contributed by atoms with E-state index in [4.69, 9.17) is 21.4 Å². The number of aliphatic carboxylic acids is 1. The average Bonchev–Trinajstić information content (AvgIpc) is 2.53. The molecule has 0 radical (unpaired) electrons. The number of hydrogen-bond donors (Lipinski definition) is 2. The SMILES string of the molecule is COc1ccc(/C(C)=N\Nc2ccccc2Cl)cc1CC(=O)O. The van der Waals surface area contributed by atoms with Crippen LogP contribution in [0.3, 0.4) is 0 Å². The summed E-state index contributed by atoms with van der Waals surface area (Å²) >= 11 is 6.06. The van der Waals surface area contributed by atoms with Crippen molar-refractivity contribution in [3.8, 4) is 5.75 Å². The van der Waals surface area contributed by atoms with E-state index in [1.165, 1.54) is 7.11 Å². The number of halogens is 1. The number of carboxylic acids is 1. The van der Waals surface area contributed by atoms with Crippen molar-refractivity contribution in [2.75, 3.05) is 12.5 Å². The largest absolute Gasteiger partial charge is 0.496 e. The van der Waals surface area contributed by atoms with Gasteiger partial charge in [0, 0.05) is 5.56 Å². The van der Waals surface area contributed by atoms with Crippen LogP contribution in [0.4, 0.5) is 5.69 Å². The second kappa shape index (κ2) is 7.65. The van der Waals surface area contributed by atoms with Crippen LogP contribution in [-0.2, 0) is 11.2 Å². The average molecular weight is 333 g/mol. The number of anilines is 1. The van der Waals surface area contributed by atoms with E-state index in [-0.39, 0.29) is 6.42 Å². The van der Waals surface area contributed by atoms with Crippen LogP contribution < -0.4 is 10.2 Å². The van der Waals surface area contributed by atoms with Gasteiger partial charge in [0.2, 0.25) is 0 Å². The number of methoxy groups -OCH3 is 1. The number of carboxylic acid groups (broad SMARTS) is 1. The van der Waals surface area contributed by atoms with Gasteiger partial charge in [-0.25, -0.2) is 0 Å². The fraction of sp³-hybridized carbons (Fsp3) is 0.176. The third-order valence-corrected chi connectivity index (χ3v) is 3.59. The van der Waals surface area contributed by atoms with E-state index in [0.29, 0.717) is 27.7 Å². The molecule has 0 aliphatic heterocycles. The van der Waals surface area contributed by atoms with Gasteiger partial charge >= 0.3 is 5.97 Å². The van der Waals surface area contributed by atoms with Crippen molar-refractivity contribution in [3.05, 3.63) is 58.6 Å². The monoisotopic (exact) mass is 332 g/mol. The normalized spacial score (nSPS) is 11.2. The molecule has 0 aromatic heterocycles. The number of benzene rings is 2. The Morgan fingerprint density at radius 2 is 2.04 bits per heavy atom. The van der Waals surface area contributed by atoms with Crippen LogP contribution in [-0.4, -0.2) is 23.9 Å². The number of nitrogens with zero attached hydrogens (tertiary/aromatic N) is 1. The molecule has 0 spiro atoms. The number of rotatable bonds is 6. The Kier molecular flexibility index (Phi) is 5.60. The lowest BCUT2D eigenvalue weighted by atomic mass is 10.0. The zero-order chi connectivity index (χ0) is 16.8. The number of hydrazone groups is 1. The fourth-order valence-electron chi connectivity index (χ4n) is 2.07. The van der Waals surface area contributed by atoms with Gasteiger partial charge in [-0.05, 0) is 42.8 Å². The summed E-state index contributed by atoms with van der Waals surface area (Å²) in [5.41, 5.74) is 5.73. The first kappa shape index (κ1) is 16.8. The summed E-state index contributed by atoms with van der Waals surface area (Å²) in [5.74, 6) is -0.368. The molecule has 0 bridgehead atoms. The molecule has 2 rings (SSSR count). The standard InChI is InChI=1S/C17H17ClN2O3/c1-11(19-20-15-6-4-3-5-14(15)18)12-7-8-16(23-2)13(9-12)10-17(21)22/h3-9,20H,10H2,1-2H3,(H,21,22)/b19-11-. The van der Waals surface area contributed by atoms with Gasteiger partial charge in [-0.2, -0.15) is 5.10 Å². The Hall–Kier alpha value is -2.53. The predicted octanol–water partition coefficient (Wildman–Crippen LogP) is 3.81. The van der Waals surface area contributed by atoms with Crippen molar-refractivity contribution in [1.29, 1.82) is 0 Å². The van der Waals surface area contributed by atoms with Gasteiger partial charge in [0.05, 0.1) is 30.0 Å². The Morgan fingerprint density at radius 1 is 1.30 bits per heavy atom. The summed E-state index contributed by atoms with van der Waals surface area (Å²) in [6, 6.07) is 12.6. The maximum atomic E-state index is 11.0. The second-order valence-electron chi connectivity index (χ2n) is 4.89. The van der Waals surface area contributed by atoms with Crippen LogP contribution in [0.2, 0.25) is 5.02 Å². The molecule has 0 aliphatic carbocycles. The molecule has 0 unspecified atom stereocenters. The molecular formula is C17H17ClN2O3. The van der Waals surface area contributed by atoms with Gasteiger partial charge < -0.3 is 9.84 Å². The highest BCUT2D eigenvalue weighted by Gasteiger charge is 2.10. The third kappa shape index (κ3) is 4.47. The van der Waals surface area contributed by atoms with Crippen LogP contribution in [0, 0.1) is 0 Å². The molecule has 6 heteroatoms. The molecule has 0 amide bonds. The van der Waals surface area contributed by atoms with Gasteiger partial charge in [0.25, 0.3) is 0 Å². The van der Waals surface area contributed by atoms with Crippen molar-refractivity contribution in [2.24, 2.45) is 5.10 Å². The first-order valence-corrected chi connectivity index (χ1v) is 7.33. The lowest BCUT2D eigenvalue weighted by Crippen LogP contribution is -2.05. The zero-order valence-corrected chi connectivity index (χ0v) is 13.6. The van der Waals surface area contributed by atoms with Gasteiger partial charge in [-0.3, -0.25) is 10.2 Å². The Bertz CT molecular complexity index is 744. The summed E-state index contributed by atoms with van der Waals surface area (Å²) in [6.45, 7) is 1.83. The minimum atomic E-state index is -0.913. The summed E-state index contributed by atoms with van der Waals surface area (Å²) in [7, 11) is 1.51. The van der Waals surface area contributed by atoms with E-state index < -0.39 is 5.97 Å². The molecule has 23 heavy (non-hydrogen) atoms. The van der Waals surface area contributed by atoms with Gasteiger partial charge in [-0.1, -0.05) is 23.7 Å². The molecule has 0 saturated carbocycles. The van der Waals surface area contributed by atoms with Crippen molar-refractivity contribution >= 4 is 29.0 Å². The molecule has 0 fully saturated rings. The maximum Gasteiger partial charge on any atom is 0.307 e. The number of para-hydroxylation sites is 1. The minimum absolute atomic E-state index is 0.109. The van der Waals surface area contributed by atoms with E-state index in [9.17, 15) is 4.79 Å². The highest BCUT2D eigenvalue weighted by atomic mass is 35.5. The molecule has 0 aliphatic rings. The maximum absolute atomic E-state index is 11.0. The molecule has 5 nitrogen and oxygen atoms in total. The first-order chi connectivity index (χ1) is 11.0.